The summed E-state index contributed by atoms with van der Waals surface area (Å²) in [5.74, 6) is 5.72. The van der Waals surface area contributed by atoms with Gasteiger partial charge in [-0.2, -0.15) is 0 Å². The molecule has 1 aliphatic rings. The number of nitrogens with one attached hydrogen (secondary N) is 1. The van der Waals surface area contributed by atoms with Gasteiger partial charge in [-0.05, 0) is 44.2 Å². The van der Waals surface area contributed by atoms with E-state index >= 15 is 0 Å². The van der Waals surface area contributed by atoms with Crippen molar-refractivity contribution in [3.8, 4) is 0 Å². The second kappa shape index (κ2) is 7.31. The molecule has 3 rings (SSSR count). The van der Waals surface area contributed by atoms with Crippen molar-refractivity contribution in [1.82, 2.24) is 10.4 Å². The van der Waals surface area contributed by atoms with Crippen molar-refractivity contribution in [2.45, 2.75) is 50.7 Å². The monoisotopic (exact) mass is 305 g/mol. The molecule has 1 saturated heterocycles. The van der Waals surface area contributed by atoms with Crippen LogP contribution in [-0.2, 0) is 11.2 Å². The SMILES string of the molecule is NNC(CCC1CCCCO1)Cc1nc2ccccc2s1. The number of nitrogens with zero attached hydrogens (tertiary/aromatic N) is 1. The normalized spacial score (nSPS) is 20.7. The molecule has 0 bridgehead atoms. The molecule has 1 aliphatic heterocycles. The minimum absolute atomic E-state index is 0.274. The molecule has 2 unspecified atom stereocenters. The summed E-state index contributed by atoms with van der Waals surface area (Å²) in [4.78, 5) is 4.69. The molecule has 4 nitrogen and oxygen atoms in total. The maximum atomic E-state index is 5.79. The largest absolute Gasteiger partial charge is 0.378 e. The molecule has 2 aromatic rings. The van der Waals surface area contributed by atoms with Crippen LogP contribution in [0, 0.1) is 0 Å². The summed E-state index contributed by atoms with van der Waals surface area (Å²) >= 11 is 1.76. The van der Waals surface area contributed by atoms with Crippen molar-refractivity contribution >= 4 is 21.6 Å². The number of ether oxygens (including phenoxy) is 1. The molecule has 2 heterocycles. The number of rotatable bonds is 6. The Morgan fingerprint density at radius 2 is 2.29 bits per heavy atom. The van der Waals surface area contributed by atoms with E-state index in [1.165, 1.54) is 24.0 Å². The Labute approximate surface area is 129 Å². The van der Waals surface area contributed by atoms with E-state index in [9.17, 15) is 0 Å². The van der Waals surface area contributed by atoms with Gasteiger partial charge in [-0.25, -0.2) is 4.98 Å². The van der Waals surface area contributed by atoms with E-state index in [1.807, 2.05) is 6.07 Å². The number of hydrazine groups is 1. The van der Waals surface area contributed by atoms with Crippen LogP contribution in [0.3, 0.4) is 0 Å². The van der Waals surface area contributed by atoms with Gasteiger partial charge >= 0.3 is 0 Å². The van der Waals surface area contributed by atoms with Crippen molar-refractivity contribution in [2.75, 3.05) is 6.61 Å². The molecule has 0 spiro atoms. The van der Waals surface area contributed by atoms with Crippen molar-refractivity contribution in [2.24, 2.45) is 5.84 Å². The molecule has 0 radical (unpaired) electrons. The highest BCUT2D eigenvalue weighted by molar-refractivity contribution is 7.18. The van der Waals surface area contributed by atoms with Crippen molar-refractivity contribution in [3.05, 3.63) is 29.3 Å². The van der Waals surface area contributed by atoms with Crippen LogP contribution in [0.15, 0.2) is 24.3 Å². The van der Waals surface area contributed by atoms with Gasteiger partial charge in [-0.15, -0.1) is 11.3 Å². The zero-order chi connectivity index (χ0) is 14.5. The van der Waals surface area contributed by atoms with Gasteiger partial charge < -0.3 is 4.74 Å². The quantitative estimate of drug-likeness (QED) is 0.636. The lowest BCUT2D eigenvalue weighted by Crippen LogP contribution is -2.37. The van der Waals surface area contributed by atoms with Crippen LogP contribution in [0.25, 0.3) is 10.2 Å². The van der Waals surface area contributed by atoms with E-state index in [0.29, 0.717) is 6.10 Å². The van der Waals surface area contributed by atoms with Gasteiger partial charge in [0.2, 0.25) is 0 Å². The molecule has 0 saturated carbocycles. The van der Waals surface area contributed by atoms with E-state index < -0.39 is 0 Å². The lowest BCUT2D eigenvalue weighted by atomic mass is 10.0. The molecule has 1 aromatic carbocycles. The maximum Gasteiger partial charge on any atom is 0.0954 e. The molecular formula is C16H23N3OS. The van der Waals surface area contributed by atoms with Crippen LogP contribution in [0.5, 0.6) is 0 Å². The van der Waals surface area contributed by atoms with Crippen LogP contribution in [-0.4, -0.2) is 23.7 Å². The highest BCUT2D eigenvalue weighted by Gasteiger charge is 2.17. The first-order valence-electron chi connectivity index (χ1n) is 7.77. The lowest BCUT2D eigenvalue weighted by Gasteiger charge is -2.24. The standard InChI is InChI=1S/C16H23N3OS/c17-19-12(8-9-13-5-3-4-10-20-13)11-16-18-14-6-1-2-7-15(14)21-16/h1-2,6-7,12-13,19H,3-5,8-11,17H2. The summed E-state index contributed by atoms with van der Waals surface area (Å²) in [5.41, 5.74) is 4.03. The first kappa shape index (κ1) is 14.9. The Balaban J connectivity index is 1.55. The van der Waals surface area contributed by atoms with Gasteiger partial charge in [-0.1, -0.05) is 12.1 Å². The average Bonchev–Trinajstić information content (AvgIpc) is 2.94. The molecule has 0 aliphatic carbocycles. The van der Waals surface area contributed by atoms with Crippen LogP contribution in [0.4, 0.5) is 0 Å². The fourth-order valence-electron chi connectivity index (χ4n) is 2.88. The Hall–Kier alpha value is -1.01. The third-order valence-corrected chi connectivity index (χ3v) is 5.16. The zero-order valence-electron chi connectivity index (χ0n) is 12.3. The topological polar surface area (TPSA) is 60.2 Å². The fourth-order valence-corrected chi connectivity index (χ4v) is 3.93. The molecule has 3 N–H and O–H groups in total. The van der Waals surface area contributed by atoms with Gasteiger partial charge in [0, 0.05) is 19.1 Å². The van der Waals surface area contributed by atoms with Crippen molar-refractivity contribution in [3.63, 3.8) is 0 Å². The highest BCUT2D eigenvalue weighted by Crippen LogP contribution is 2.24. The molecule has 1 aromatic heterocycles. The molecule has 1 fully saturated rings. The lowest BCUT2D eigenvalue weighted by molar-refractivity contribution is 0.00858. The minimum atomic E-state index is 0.274. The number of hydrogen-bond acceptors (Lipinski definition) is 5. The summed E-state index contributed by atoms with van der Waals surface area (Å²) in [6.45, 7) is 0.920. The van der Waals surface area contributed by atoms with Gasteiger partial charge in [0.15, 0.2) is 0 Å². The maximum absolute atomic E-state index is 5.79. The third kappa shape index (κ3) is 4.01. The van der Waals surface area contributed by atoms with Crippen molar-refractivity contribution in [1.29, 1.82) is 0 Å². The van der Waals surface area contributed by atoms with Gasteiger partial charge in [-0.3, -0.25) is 11.3 Å². The van der Waals surface area contributed by atoms with E-state index in [0.717, 1.165) is 36.4 Å². The van der Waals surface area contributed by atoms with E-state index in [4.69, 9.17) is 10.6 Å². The molecule has 5 heteroatoms. The number of aromatic nitrogens is 1. The number of hydrogen-bond donors (Lipinski definition) is 2. The average molecular weight is 305 g/mol. The Morgan fingerprint density at radius 3 is 3.05 bits per heavy atom. The second-order valence-corrected chi connectivity index (χ2v) is 6.82. The molecule has 0 amide bonds. The van der Waals surface area contributed by atoms with Crippen molar-refractivity contribution < 1.29 is 4.74 Å². The number of thiazole rings is 1. The Morgan fingerprint density at radius 1 is 1.38 bits per heavy atom. The highest BCUT2D eigenvalue weighted by atomic mass is 32.1. The minimum Gasteiger partial charge on any atom is -0.378 e. The number of nitrogens with two attached hydrogens (primary N) is 1. The molecule has 21 heavy (non-hydrogen) atoms. The summed E-state index contributed by atoms with van der Waals surface area (Å²) < 4.78 is 7.04. The fraction of sp³-hybridized carbons (Fsp3) is 0.562. The first-order chi connectivity index (χ1) is 10.3. The summed E-state index contributed by atoms with van der Waals surface area (Å²) in [6.07, 6.45) is 7.13. The van der Waals surface area contributed by atoms with Gasteiger partial charge in [0.1, 0.15) is 0 Å². The number of fused-ring (bicyclic) bond motifs is 1. The van der Waals surface area contributed by atoms with E-state index in [2.05, 4.69) is 28.6 Å². The summed E-state index contributed by atoms with van der Waals surface area (Å²) in [5, 5.41) is 1.16. The van der Waals surface area contributed by atoms with E-state index in [1.54, 1.807) is 11.3 Å². The summed E-state index contributed by atoms with van der Waals surface area (Å²) in [6, 6.07) is 8.55. The Kier molecular flexibility index (Phi) is 5.19. The summed E-state index contributed by atoms with van der Waals surface area (Å²) in [7, 11) is 0. The Bertz CT molecular complexity index is 532. The van der Waals surface area contributed by atoms with Gasteiger partial charge in [0.25, 0.3) is 0 Å². The molecular weight excluding hydrogens is 282 g/mol. The smallest absolute Gasteiger partial charge is 0.0954 e. The van der Waals surface area contributed by atoms with E-state index in [-0.39, 0.29) is 6.04 Å². The third-order valence-electron chi connectivity index (χ3n) is 4.11. The van der Waals surface area contributed by atoms with Gasteiger partial charge in [0.05, 0.1) is 21.3 Å². The second-order valence-electron chi connectivity index (χ2n) is 5.71. The first-order valence-corrected chi connectivity index (χ1v) is 8.59. The van der Waals surface area contributed by atoms with Crippen LogP contribution in [0.2, 0.25) is 0 Å². The number of benzene rings is 1. The predicted octanol–water partition coefficient (Wildman–Crippen LogP) is 3.02. The van der Waals surface area contributed by atoms with Crippen LogP contribution >= 0.6 is 11.3 Å². The zero-order valence-corrected chi connectivity index (χ0v) is 13.1. The van der Waals surface area contributed by atoms with Crippen LogP contribution in [0.1, 0.15) is 37.1 Å². The molecule has 114 valence electrons. The number of para-hydroxylation sites is 1. The predicted molar refractivity (Wildman–Crippen MR) is 87.3 cm³/mol. The molecule has 2 atom stereocenters. The van der Waals surface area contributed by atoms with Crippen LogP contribution < -0.4 is 11.3 Å².